The van der Waals surface area contributed by atoms with Gasteiger partial charge in [-0.2, -0.15) is 0 Å². The molecule has 0 aromatic carbocycles. The number of primary amides is 1. The highest BCUT2D eigenvalue weighted by Gasteiger charge is 2.16. The van der Waals surface area contributed by atoms with Crippen molar-refractivity contribution in [3.63, 3.8) is 0 Å². The first-order valence-electron chi connectivity index (χ1n) is 5.83. The van der Waals surface area contributed by atoms with Crippen LogP contribution in [-0.2, 0) is 9.47 Å². The fourth-order valence-corrected chi connectivity index (χ4v) is 1.08. The van der Waals surface area contributed by atoms with E-state index in [0.29, 0.717) is 13.1 Å². The summed E-state index contributed by atoms with van der Waals surface area (Å²) in [7, 11) is 0. The van der Waals surface area contributed by atoms with Gasteiger partial charge in [0.1, 0.15) is 12.2 Å². The SMILES string of the molecule is CC(CNC(=O)OC(C)(C)C)NCCOC(N)=O. The van der Waals surface area contributed by atoms with Crippen molar-refractivity contribution in [1.82, 2.24) is 10.6 Å². The molecular weight excluding hydrogens is 238 g/mol. The van der Waals surface area contributed by atoms with Crippen LogP contribution in [0.2, 0.25) is 0 Å². The van der Waals surface area contributed by atoms with Crippen LogP contribution in [0.5, 0.6) is 0 Å². The number of amides is 2. The fourth-order valence-electron chi connectivity index (χ4n) is 1.08. The summed E-state index contributed by atoms with van der Waals surface area (Å²) < 4.78 is 9.63. The molecular formula is C11H23N3O4. The van der Waals surface area contributed by atoms with Crippen molar-refractivity contribution in [3.8, 4) is 0 Å². The minimum absolute atomic E-state index is 0.0361. The lowest BCUT2D eigenvalue weighted by molar-refractivity contribution is 0.0523. The first-order chi connectivity index (χ1) is 8.20. The Morgan fingerprint density at radius 3 is 2.44 bits per heavy atom. The van der Waals surface area contributed by atoms with Crippen LogP contribution in [0.25, 0.3) is 0 Å². The molecule has 0 rings (SSSR count). The molecule has 0 aromatic rings. The van der Waals surface area contributed by atoms with Crippen molar-refractivity contribution < 1.29 is 19.1 Å². The number of rotatable bonds is 6. The van der Waals surface area contributed by atoms with Crippen LogP contribution in [0.4, 0.5) is 9.59 Å². The average molecular weight is 261 g/mol. The van der Waals surface area contributed by atoms with Gasteiger partial charge in [0.05, 0.1) is 0 Å². The zero-order chi connectivity index (χ0) is 14.2. The summed E-state index contributed by atoms with van der Waals surface area (Å²) in [6.07, 6.45) is -1.25. The van der Waals surface area contributed by atoms with Crippen LogP contribution >= 0.6 is 0 Å². The molecule has 0 heterocycles. The Hall–Kier alpha value is -1.50. The van der Waals surface area contributed by atoms with Gasteiger partial charge in [0.2, 0.25) is 0 Å². The molecule has 7 nitrogen and oxygen atoms in total. The third-order valence-electron chi connectivity index (χ3n) is 1.79. The molecule has 0 aromatic heterocycles. The van der Waals surface area contributed by atoms with Gasteiger partial charge in [0, 0.05) is 19.1 Å². The quantitative estimate of drug-likeness (QED) is 0.607. The van der Waals surface area contributed by atoms with Crippen molar-refractivity contribution in [1.29, 1.82) is 0 Å². The molecule has 4 N–H and O–H groups in total. The lowest BCUT2D eigenvalue weighted by Gasteiger charge is -2.21. The number of nitrogens with one attached hydrogen (secondary N) is 2. The molecule has 0 radical (unpaired) electrons. The number of carbonyl (C=O) groups is 2. The van der Waals surface area contributed by atoms with Crippen molar-refractivity contribution in [2.75, 3.05) is 19.7 Å². The van der Waals surface area contributed by atoms with Crippen molar-refractivity contribution in [3.05, 3.63) is 0 Å². The number of alkyl carbamates (subject to hydrolysis) is 1. The Bertz CT molecular complexity index is 276. The summed E-state index contributed by atoms with van der Waals surface area (Å²) in [5, 5.41) is 5.69. The summed E-state index contributed by atoms with van der Waals surface area (Å²) in [6.45, 7) is 8.39. The number of hydrogen-bond donors (Lipinski definition) is 3. The predicted molar refractivity (Wildman–Crippen MR) is 67.2 cm³/mol. The molecule has 1 unspecified atom stereocenters. The Labute approximate surface area is 107 Å². The maximum absolute atomic E-state index is 11.3. The maximum Gasteiger partial charge on any atom is 0.407 e. The van der Waals surface area contributed by atoms with E-state index >= 15 is 0 Å². The first-order valence-corrected chi connectivity index (χ1v) is 5.83. The number of carbonyl (C=O) groups excluding carboxylic acids is 2. The van der Waals surface area contributed by atoms with E-state index in [1.54, 1.807) is 20.8 Å². The van der Waals surface area contributed by atoms with Gasteiger partial charge >= 0.3 is 12.2 Å². The standard InChI is InChI=1S/C11H23N3O4/c1-8(13-5-6-17-9(12)15)7-14-10(16)18-11(2,3)4/h8,13H,5-7H2,1-4H3,(H2,12,15)(H,14,16). The maximum atomic E-state index is 11.3. The third kappa shape index (κ3) is 11.0. The van der Waals surface area contributed by atoms with Gasteiger partial charge in [-0.15, -0.1) is 0 Å². The summed E-state index contributed by atoms with van der Waals surface area (Å²) in [5.74, 6) is 0. The second kappa shape index (κ2) is 7.75. The summed E-state index contributed by atoms with van der Waals surface area (Å²) in [4.78, 5) is 21.6. The van der Waals surface area contributed by atoms with Crippen molar-refractivity contribution in [2.45, 2.75) is 39.3 Å². The highest BCUT2D eigenvalue weighted by molar-refractivity contribution is 5.67. The lowest BCUT2D eigenvalue weighted by atomic mass is 10.2. The zero-order valence-electron chi connectivity index (χ0n) is 11.4. The highest BCUT2D eigenvalue weighted by atomic mass is 16.6. The molecule has 0 aliphatic heterocycles. The Balaban J connectivity index is 3.61. The molecule has 18 heavy (non-hydrogen) atoms. The van der Waals surface area contributed by atoms with Crippen LogP contribution < -0.4 is 16.4 Å². The summed E-state index contributed by atoms with van der Waals surface area (Å²) >= 11 is 0. The van der Waals surface area contributed by atoms with Crippen LogP contribution in [0.3, 0.4) is 0 Å². The second-order valence-corrected chi connectivity index (χ2v) is 4.91. The number of ether oxygens (including phenoxy) is 2. The minimum Gasteiger partial charge on any atom is -0.448 e. The van der Waals surface area contributed by atoms with Gasteiger partial charge in [-0.05, 0) is 27.7 Å². The number of hydrogen-bond acceptors (Lipinski definition) is 5. The van der Waals surface area contributed by atoms with Gasteiger partial charge in [-0.1, -0.05) is 0 Å². The van der Waals surface area contributed by atoms with Gasteiger partial charge in [0.25, 0.3) is 0 Å². The molecule has 0 saturated carbocycles. The van der Waals surface area contributed by atoms with E-state index in [1.165, 1.54) is 0 Å². The zero-order valence-corrected chi connectivity index (χ0v) is 11.4. The van der Waals surface area contributed by atoms with Crippen molar-refractivity contribution >= 4 is 12.2 Å². The van der Waals surface area contributed by atoms with Crippen LogP contribution in [0.1, 0.15) is 27.7 Å². The normalized spacial score (nSPS) is 12.7. The van der Waals surface area contributed by atoms with Gasteiger partial charge in [0.15, 0.2) is 0 Å². The van der Waals surface area contributed by atoms with Gasteiger partial charge < -0.3 is 25.8 Å². The molecule has 106 valence electrons. The fraction of sp³-hybridized carbons (Fsp3) is 0.818. The van der Waals surface area contributed by atoms with E-state index in [-0.39, 0.29) is 12.6 Å². The van der Waals surface area contributed by atoms with Gasteiger partial charge in [-0.3, -0.25) is 0 Å². The third-order valence-corrected chi connectivity index (χ3v) is 1.79. The molecule has 2 amide bonds. The molecule has 0 fully saturated rings. The average Bonchev–Trinajstić information content (AvgIpc) is 2.19. The van der Waals surface area contributed by atoms with Crippen molar-refractivity contribution in [2.24, 2.45) is 5.73 Å². The molecule has 7 heteroatoms. The van der Waals surface area contributed by atoms with E-state index < -0.39 is 17.8 Å². The van der Waals surface area contributed by atoms with Gasteiger partial charge in [-0.25, -0.2) is 9.59 Å². The van der Waals surface area contributed by atoms with Crippen LogP contribution in [0, 0.1) is 0 Å². The monoisotopic (exact) mass is 261 g/mol. The van der Waals surface area contributed by atoms with E-state index in [0.717, 1.165) is 0 Å². The van der Waals surface area contributed by atoms with E-state index in [9.17, 15) is 9.59 Å². The second-order valence-electron chi connectivity index (χ2n) is 4.91. The van der Waals surface area contributed by atoms with E-state index in [2.05, 4.69) is 15.4 Å². The molecule has 0 aliphatic carbocycles. The smallest absolute Gasteiger partial charge is 0.407 e. The highest BCUT2D eigenvalue weighted by Crippen LogP contribution is 2.06. The molecule has 1 atom stereocenters. The molecule has 0 spiro atoms. The van der Waals surface area contributed by atoms with E-state index in [1.807, 2.05) is 6.92 Å². The van der Waals surface area contributed by atoms with Crippen LogP contribution in [0.15, 0.2) is 0 Å². The molecule has 0 saturated heterocycles. The Morgan fingerprint density at radius 1 is 1.33 bits per heavy atom. The van der Waals surface area contributed by atoms with Crippen LogP contribution in [-0.4, -0.2) is 43.5 Å². The van der Waals surface area contributed by atoms with E-state index in [4.69, 9.17) is 10.5 Å². The Morgan fingerprint density at radius 2 is 1.94 bits per heavy atom. The molecule has 0 aliphatic rings. The summed E-state index contributed by atoms with van der Waals surface area (Å²) in [5.41, 5.74) is 4.30. The number of nitrogens with two attached hydrogens (primary N) is 1. The predicted octanol–water partition coefficient (Wildman–Crippen LogP) is 0.585. The Kier molecular flexibility index (Phi) is 7.11. The lowest BCUT2D eigenvalue weighted by Crippen LogP contribution is -2.42. The largest absolute Gasteiger partial charge is 0.448 e. The summed E-state index contributed by atoms with van der Waals surface area (Å²) in [6, 6.07) is 0.0361. The first kappa shape index (κ1) is 16.5. The topological polar surface area (TPSA) is 103 Å². The molecule has 0 bridgehead atoms. The minimum atomic E-state index is -0.795.